The molecule has 0 saturated heterocycles. The number of rotatable bonds is 2. The van der Waals surface area contributed by atoms with E-state index < -0.39 is 0 Å². The van der Waals surface area contributed by atoms with E-state index in [1.165, 1.54) is 0 Å². The van der Waals surface area contributed by atoms with Gasteiger partial charge in [0.25, 0.3) is 0 Å². The van der Waals surface area contributed by atoms with E-state index in [1.54, 1.807) is 0 Å². The van der Waals surface area contributed by atoms with Crippen LogP contribution in [0.15, 0.2) is 22.8 Å². The smallest absolute Gasteiger partial charge is 0.162 e. The molecular weight excluding hydrogens is 298 g/mol. The molecular formula is C12H12BrN3O2. The lowest BCUT2D eigenvalue weighted by molar-refractivity contribution is 0.171. The molecule has 0 amide bonds. The van der Waals surface area contributed by atoms with Crippen LogP contribution in [0.4, 0.5) is 0 Å². The van der Waals surface area contributed by atoms with Crippen molar-refractivity contribution in [2.45, 2.75) is 6.54 Å². The number of imidazole rings is 1. The number of hydrogen-bond donors (Lipinski definition) is 2. The third-order valence-corrected chi connectivity index (χ3v) is 3.29. The Morgan fingerprint density at radius 2 is 2.06 bits per heavy atom. The molecule has 3 rings (SSSR count). The lowest BCUT2D eigenvalue weighted by Crippen LogP contribution is -2.15. The van der Waals surface area contributed by atoms with Gasteiger partial charge in [-0.3, -0.25) is 0 Å². The summed E-state index contributed by atoms with van der Waals surface area (Å²) in [7, 11) is 0. The van der Waals surface area contributed by atoms with E-state index in [0.717, 1.165) is 33.2 Å². The van der Waals surface area contributed by atoms with Crippen molar-refractivity contribution in [2.24, 2.45) is 5.73 Å². The third-order valence-electron chi connectivity index (χ3n) is 2.72. The Balaban J connectivity index is 2.03. The second-order valence-electron chi connectivity index (χ2n) is 3.91. The summed E-state index contributed by atoms with van der Waals surface area (Å²) in [6.45, 7) is 1.55. The van der Waals surface area contributed by atoms with Crippen LogP contribution in [0.2, 0.25) is 0 Å². The zero-order valence-corrected chi connectivity index (χ0v) is 11.2. The summed E-state index contributed by atoms with van der Waals surface area (Å²) in [4.78, 5) is 7.50. The van der Waals surface area contributed by atoms with Gasteiger partial charge in [0, 0.05) is 5.56 Å². The van der Waals surface area contributed by atoms with E-state index in [-0.39, 0.29) is 0 Å². The molecule has 94 valence electrons. The zero-order valence-electron chi connectivity index (χ0n) is 9.57. The molecule has 0 radical (unpaired) electrons. The number of nitrogens with one attached hydrogen (secondary N) is 1. The Labute approximate surface area is 112 Å². The van der Waals surface area contributed by atoms with Crippen molar-refractivity contribution in [1.82, 2.24) is 9.97 Å². The molecule has 0 spiro atoms. The van der Waals surface area contributed by atoms with Crippen LogP contribution in [-0.4, -0.2) is 23.2 Å². The Bertz CT molecular complexity index is 583. The number of halogens is 1. The number of H-pyrrole nitrogens is 1. The summed E-state index contributed by atoms with van der Waals surface area (Å²) in [6, 6.07) is 5.78. The fourth-order valence-electron chi connectivity index (χ4n) is 1.88. The predicted octanol–water partition coefficient (Wildman–Crippen LogP) is 2.07. The average molecular weight is 310 g/mol. The van der Waals surface area contributed by atoms with Crippen molar-refractivity contribution >= 4 is 15.9 Å². The average Bonchev–Trinajstić information content (AvgIpc) is 2.79. The molecule has 1 aromatic heterocycles. The zero-order chi connectivity index (χ0) is 12.5. The lowest BCUT2D eigenvalue weighted by Gasteiger charge is -2.18. The Morgan fingerprint density at radius 3 is 2.78 bits per heavy atom. The molecule has 2 heterocycles. The van der Waals surface area contributed by atoms with Crippen molar-refractivity contribution < 1.29 is 9.47 Å². The largest absolute Gasteiger partial charge is 0.486 e. The van der Waals surface area contributed by atoms with Gasteiger partial charge in [-0.2, -0.15) is 0 Å². The van der Waals surface area contributed by atoms with E-state index in [0.29, 0.717) is 19.8 Å². The molecule has 5 nitrogen and oxygen atoms in total. The molecule has 6 heteroatoms. The van der Waals surface area contributed by atoms with Gasteiger partial charge in [0.05, 0.1) is 6.54 Å². The number of aromatic nitrogens is 2. The molecule has 0 bridgehead atoms. The molecule has 1 aromatic carbocycles. The maximum atomic E-state index is 5.56. The molecule has 0 aliphatic carbocycles. The highest BCUT2D eigenvalue weighted by molar-refractivity contribution is 9.10. The first kappa shape index (κ1) is 11.6. The third kappa shape index (κ3) is 1.97. The molecule has 18 heavy (non-hydrogen) atoms. The first-order chi connectivity index (χ1) is 8.78. The normalized spacial score (nSPS) is 13.7. The van der Waals surface area contributed by atoms with Gasteiger partial charge in [-0.05, 0) is 34.1 Å². The van der Waals surface area contributed by atoms with E-state index in [1.807, 2.05) is 18.2 Å². The predicted molar refractivity (Wildman–Crippen MR) is 70.6 cm³/mol. The fourth-order valence-corrected chi connectivity index (χ4v) is 2.42. The van der Waals surface area contributed by atoms with Crippen molar-refractivity contribution in [3.8, 4) is 22.8 Å². The number of aromatic amines is 1. The van der Waals surface area contributed by atoms with Crippen molar-refractivity contribution in [1.29, 1.82) is 0 Å². The van der Waals surface area contributed by atoms with Crippen molar-refractivity contribution in [2.75, 3.05) is 13.2 Å². The monoisotopic (exact) mass is 309 g/mol. The minimum Gasteiger partial charge on any atom is -0.486 e. The Kier molecular flexibility index (Phi) is 2.97. The molecule has 1 aliphatic rings. The minimum absolute atomic E-state index is 0.378. The van der Waals surface area contributed by atoms with Crippen LogP contribution in [0, 0.1) is 0 Å². The first-order valence-electron chi connectivity index (χ1n) is 5.62. The summed E-state index contributed by atoms with van der Waals surface area (Å²) < 4.78 is 11.9. The number of hydrogen-bond acceptors (Lipinski definition) is 4. The fraction of sp³-hybridized carbons (Fsp3) is 0.250. The van der Waals surface area contributed by atoms with Crippen molar-refractivity contribution in [3.63, 3.8) is 0 Å². The molecule has 3 N–H and O–H groups in total. The van der Waals surface area contributed by atoms with Crippen LogP contribution in [0.3, 0.4) is 0 Å². The molecule has 0 unspecified atom stereocenters. The summed E-state index contributed by atoms with van der Waals surface area (Å²) in [5.41, 5.74) is 7.35. The minimum atomic E-state index is 0.378. The second kappa shape index (κ2) is 4.62. The number of ether oxygens (including phenoxy) is 2. The quantitative estimate of drug-likeness (QED) is 0.890. The molecule has 1 aliphatic heterocycles. The number of nitrogens with two attached hydrogens (primary N) is 1. The van der Waals surface area contributed by atoms with Crippen LogP contribution >= 0.6 is 15.9 Å². The molecule has 0 saturated carbocycles. The van der Waals surface area contributed by atoms with Crippen LogP contribution < -0.4 is 15.2 Å². The highest BCUT2D eigenvalue weighted by atomic mass is 79.9. The molecule has 0 fully saturated rings. The van der Waals surface area contributed by atoms with Crippen LogP contribution in [-0.2, 0) is 6.54 Å². The van der Waals surface area contributed by atoms with E-state index in [2.05, 4.69) is 25.9 Å². The van der Waals surface area contributed by atoms with Crippen LogP contribution in [0.1, 0.15) is 5.82 Å². The van der Waals surface area contributed by atoms with Crippen LogP contribution in [0.25, 0.3) is 11.3 Å². The van der Waals surface area contributed by atoms with E-state index in [9.17, 15) is 0 Å². The number of fused-ring (bicyclic) bond motifs is 1. The van der Waals surface area contributed by atoms with Gasteiger partial charge < -0.3 is 20.2 Å². The Morgan fingerprint density at radius 1 is 1.28 bits per heavy atom. The van der Waals surface area contributed by atoms with E-state index >= 15 is 0 Å². The van der Waals surface area contributed by atoms with Gasteiger partial charge >= 0.3 is 0 Å². The van der Waals surface area contributed by atoms with E-state index in [4.69, 9.17) is 15.2 Å². The second-order valence-corrected chi connectivity index (χ2v) is 4.70. The van der Waals surface area contributed by atoms with Crippen LogP contribution in [0.5, 0.6) is 11.5 Å². The number of nitrogens with zero attached hydrogens (tertiary/aromatic N) is 1. The van der Waals surface area contributed by atoms with Gasteiger partial charge in [-0.15, -0.1) is 0 Å². The summed E-state index contributed by atoms with van der Waals surface area (Å²) in [5, 5.41) is 0. The van der Waals surface area contributed by atoms with Gasteiger partial charge in [-0.25, -0.2) is 4.98 Å². The van der Waals surface area contributed by atoms with Gasteiger partial charge in [0.1, 0.15) is 29.3 Å². The summed E-state index contributed by atoms with van der Waals surface area (Å²) in [6.07, 6.45) is 0. The maximum absolute atomic E-state index is 5.56. The molecule has 0 atom stereocenters. The molecule has 2 aromatic rings. The first-order valence-corrected chi connectivity index (χ1v) is 6.41. The summed E-state index contributed by atoms with van der Waals surface area (Å²) >= 11 is 3.45. The Hall–Kier alpha value is -1.53. The SMILES string of the molecule is NCc1nc(-c2ccc3c(c2)OCCO3)c(Br)[nH]1. The highest BCUT2D eigenvalue weighted by Crippen LogP contribution is 2.35. The lowest BCUT2D eigenvalue weighted by atomic mass is 10.1. The van der Waals surface area contributed by atoms with Crippen molar-refractivity contribution in [3.05, 3.63) is 28.6 Å². The maximum Gasteiger partial charge on any atom is 0.162 e. The topological polar surface area (TPSA) is 73.2 Å². The van der Waals surface area contributed by atoms with Gasteiger partial charge in [0.15, 0.2) is 11.5 Å². The van der Waals surface area contributed by atoms with Gasteiger partial charge in [-0.1, -0.05) is 0 Å². The number of benzene rings is 1. The highest BCUT2D eigenvalue weighted by Gasteiger charge is 2.15. The standard InChI is InChI=1S/C12H12BrN3O2/c13-12-11(15-10(6-14)16-12)7-1-2-8-9(5-7)18-4-3-17-8/h1-2,5H,3-4,6,14H2,(H,15,16). The summed E-state index contributed by atoms with van der Waals surface area (Å²) in [5.74, 6) is 2.27. The van der Waals surface area contributed by atoms with Gasteiger partial charge in [0.2, 0.25) is 0 Å².